The molecule has 0 aromatic heterocycles. The highest BCUT2D eigenvalue weighted by atomic mass is 127. The van der Waals surface area contributed by atoms with Gasteiger partial charge in [-0.15, -0.1) is 24.0 Å². The Kier molecular flexibility index (Phi) is 10.4. The lowest BCUT2D eigenvalue weighted by molar-refractivity contribution is 0.251. The van der Waals surface area contributed by atoms with Gasteiger partial charge in [0.25, 0.3) is 0 Å². The van der Waals surface area contributed by atoms with Gasteiger partial charge in [-0.25, -0.2) is 0 Å². The topological polar surface area (TPSA) is 68.9 Å². The number of methoxy groups -OCH3 is 1. The van der Waals surface area contributed by atoms with Crippen molar-refractivity contribution in [3.63, 3.8) is 0 Å². The molecule has 0 heterocycles. The third kappa shape index (κ3) is 8.11. The third-order valence-corrected chi connectivity index (χ3v) is 2.74. The lowest BCUT2D eigenvalue weighted by Gasteiger charge is -2.14. The second kappa shape index (κ2) is 11.2. The summed E-state index contributed by atoms with van der Waals surface area (Å²) < 4.78 is 11.0. The van der Waals surface area contributed by atoms with Gasteiger partial charge in [-0.05, 0) is 19.1 Å². The fraction of sp³-hybridized carbons (Fsp3) is 0.438. The van der Waals surface area contributed by atoms with Gasteiger partial charge in [-0.1, -0.05) is 31.2 Å². The van der Waals surface area contributed by atoms with Crippen LogP contribution in [0.4, 0.5) is 0 Å². The smallest absolute Gasteiger partial charge is 0.188 e. The second-order valence-corrected chi connectivity index (χ2v) is 5.10. The number of halogens is 1. The highest BCUT2D eigenvalue weighted by Crippen LogP contribution is 2.26. The molecular formula is C16H26IN3O2. The van der Waals surface area contributed by atoms with Gasteiger partial charge in [-0.2, -0.15) is 0 Å². The molecule has 1 atom stereocenters. The molecule has 0 saturated carbocycles. The van der Waals surface area contributed by atoms with Crippen molar-refractivity contribution >= 4 is 29.9 Å². The predicted octanol–water partition coefficient (Wildman–Crippen LogP) is 2.81. The molecule has 0 amide bonds. The molecule has 0 fully saturated rings. The maximum atomic E-state index is 5.76. The van der Waals surface area contributed by atoms with Gasteiger partial charge in [0.1, 0.15) is 0 Å². The molecule has 22 heavy (non-hydrogen) atoms. The minimum atomic E-state index is 0. The van der Waals surface area contributed by atoms with Crippen molar-refractivity contribution in [1.29, 1.82) is 0 Å². The average Bonchev–Trinajstić information content (AvgIpc) is 2.49. The van der Waals surface area contributed by atoms with Crippen LogP contribution < -0.4 is 20.5 Å². The quantitative estimate of drug-likeness (QED) is 0.294. The lowest BCUT2D eigenvalue weighted by atomic mass is 10.2. The largest absolute Gasteiger partial charge is 0.493 e. The number of aliphatic imine (C=N–C) groups is 1. The summed E-state index contributed by atoms with van der Waals surface area (Å²) in [5.41, 5.74) is 6.77. The third-order valence-electron chi connectivity index (χ3n) is 2.74. The molecule has 6 heteroatoms. The Balaban J connectivity index is 0.00000441. The van der Waals surface area contributed by atoms with E-state index in [1.165, 1.54) is 0 Å². The van der Waals surface area contributed by atoms with E-state index in [1.54, 1.807) is 7.11 Å². The number of benzene rings is 1. The predicted molar refractivity (Wildman–Crippen MR) is 102 cm³/mol. The molecule has 124 valence electrons. The van der Waals surface area contributed by atoms with Crippen molar-refractivity contribution in [1.82, 2.24) is 5.32 Å². The number of guanidine groups is 1. The second-order valence-electron chi connectivity index (χ2n) is 5.10. The van der Waals surface area contributed by atoms with E-state index in [2.05, 4.69) is 23.8 Å². The first kappa shape index (κ1) is 20.6. The molecule has 1 aromatic rings. The molecule has 0 saturated heterocycles. The van der Waals surface area contributed by atoms with E-state index >= 15 is 0 Å². The van der Waals surface area contributed by atoms with Crippen LogP contribution in [0.1, 0.15) is 13.8 Å². The summed E-state index contributed by atoms with van der Waals surface area (Å²) in [6, 6.07) is 7.59. The van der Waals surface area contributed by atoms with Gasteiger partial charge in [0.15, 0.2) is 17.5 Å². The number of hydrogen-bond donors (Lipinski definition) is 2. The maximum absolute atomic E-state index is 5.76. The van der Waals surface area contributed by atoms with Crippen LogP contribution in [0.25, 0.3) is 0 Å². The summed E-state index contributed by atoms with van der Waals surface area (Å²) in [5.74, 6) is 2.15. The van der Waals surface area contributed by atoms with E-state index in [0.717, 1.165) is 17.1 Å². The number of hydrogen-bond acceptors (Lipinski definition) is 3. The SMILES string of the molecule is C=C(C)CNC(N)=NCC(C)COc1ccccc1OC.I. The minimum absolute atomic E-state index is 0. The van der Waals surface area contributed by atoms with Crippen LogP contribution in [0.15, 0.2) is 41.4 Å². The van der Waals surface area contributed by atoms with Gasteiger partial charge < -0.3 is 20.5 Å². The number of nitrogens with zero attached hydrogens (tertiary/aromatic N) is 1. The summed E-state index contributed by atoms with van der Waals surface area (Å²) in [4.78, 5) is 4.28. The Morgan fingerprint density at radius 2 is 2.00 bits per heavy atom. The first-order chi connectivity index (χ1) is 10.0. The van der Waals surface area contributed by atoms with Gasteiger partial charge in [0.2, 0.25) is 0 Å². The van der Waals surface area contributed by atoms with E-state index < -0.39 is 0 Å². The fourth-order valence-electron chi connectivity index (χ4n) is 1.57. The minimum Gasteiger partial charge on any atom is -0.493 e. The molecule has 0 aliphatic rings. The number of nitrogens with two attached hydrogens (primary N) is 1. The van der Waals surface area contributed by atoms with E-state index in [9.17, 15) is 0 Å². The van der Waals surface area contributed by atoms with Gasteiger partial charge in [0, 0.05) is 19.0 Å². The highest BCUT2D eigenvalue weighted by molar-refractivity contribution is 14.0. The Labute approximate surface area is 150 Å². The number of rotatable bonds is 8. The van der Waals surface area contributed by atoms with Crippen LogP contribution in [0.2, 0.25) is 0 Å². The molecule has 0 aliphatic carbocycles. The molecule has 0 bridgehead atoms. The number of nitrogens with one attached hydrogen (secondary N) is 1. The molecule has 1 rings (SSSR count). The number of ether oxygens (including phenoxy) is 2. The summed E-state index contributed by atoms with van der Waals surface area (Å²) >= 11 is 0. The van der Waals surface area contributed by atoms with Gasteiger partial charge in [-0.3, -0.25) is 4.99 Å². The van der Waals surface area contributed by atoms with Crippen LogP contribution in [0.5, 0.6) is 11.5 Å². The molecular weight excluding hydrogens is 393 g/mol. The van der Waals surface area contributed by atoms with E-state index in [-0.39, 0.29) is 29.9 Å². The first-order valence-corrected chi connectivity index (χ1v) is 6.97. The van der Waals surface area contributed by atoms with Crippen LogP contribution in [-0.2, 0) is 0 Å². The Morgan fingerprint density at radius 1 is 1.36 bits per heavy atom. The van der Waals surface area contributed by atoms with Crippen molar-refractivity contribution in [3.05, 3.63) is 36.4 Å². The zero-order valence-corrected chi connectivity index (χ0v) is 15.8. The monoisotopic (exact) mass is 419 g/mol. The Morgan fingerprint density at radius 3 is 2.59 bits per heavy atom. The summed E-state index contributed by atoms with van der Waals surface area (Å²) in [5, 5.41) is 3.00. The van der Waals surface area contributed by atoms with E-state index in [4.69, 9.17) is 15.2 Å². The summed E-state index contributed by atoms with van der Waals surface area (Å²) in [7, 11) is 1.63. The highest BCUT2D eigenvalue weighted by Gasteiger charge is 2.06. The molecule has 1 aromatic carbocycles. The first-order valence-electron chi connectivity index (χ1n) is 6.97. The van der Waals surface area contributed by atoms with Crippen molar-refractivity contribution in [2.24, 2.45) is 16.6 Å². The van der Waals surface area contributed by atoms with Crippen molar-refractivity contribution in [2.75, 3.05) is 26.8 Å². The summed E-state index contributed by atoms with van der Waals surface area (Å²) in [6.45, 7) is 9.59. The molecule has 5 nitrogen and oxygen atoms in total. The van der Waals surface area contributed by atoms with Crippen LogP contribution in [-0.4, -0.2) is 32.8 Å². The van der Waals surface area contributed by atoms with Crippen LogP contribution in [0.3, 0.4) is 0 Å². The normalized spacial score (nSPS) is 12.0. The standard InChI is InChI=1S/C16H25N3O2.HI/c1-12(2)9-18-16(17)19-10-13(3)11-21-15-8-6-5-7-14(15)20-4;/h5-8,13H,1,9-11H2,2-4H3,(H3,17,18,19);1H. The zero-order chi connectivity index (χ0) is 15.7. The van der Waals surface area contributed by atoms with E-state index in [0.29, 0.717) is 25.7 Å². The van der Waals surface area contributed by atoms with Gasteiger partial charge in [0.05, 0.1) is 13.7 Å². The number of para-hydroxylation sites is 2. The van der Waals surface area contributed by atoms with Gasteiger partial charge >= 0.3 is 0 Å². The summed E-state index contributed by atoms with van der Waals surface area (Å²) in [6.07, 6.45) is 0. The van der Waals surface area contributed by atoms with Crippen LogP contribution >= 0.6 is 24.0 Å². The van der Waals surface area contributed by atoms with Crippen molar-refractivity contribution in [2.45, 2.75) is 13.8 Å². The molecule has 3 N–H and O–H groups in total. The molecule has 1 unspecified atom stereocenters. The lowest BCUT2D eigenvalue weighted by Crippen LogP contribution is -2.33. The Bertz CT molecular complexity index is 492. The molecule has 0 spiro atoms. The van der Waals surface area contributed by atoms with Crippen molar-refractivity contribution < 1.29 is 9.47 Å². The maximum Gasteiger partial charge on any atom is 0.188 e. The average molecular weight is 419 g/mol. The zero-order valence-electron chi connectivity index (χ0n) is 13.5. The van der Waals surface area contributed by atoms with Crippen LogP contribution in [0, 0.1) is 5.92 Å². The van der Waals surface area contributed by atoms with Crippen molar-refractivity contribution in [3.8, 4) is 11.5 Å². The molecule has 0 aliphatic heterocycles. The van der Waals surface area contributed by atoms with E-state index in [1.807, 2.05) is 31.2 Å². The Hall–Kier alpha value is -1.44. The fourth-order valence-corrected chi connectivity index (χ4v) is 1.57. The molecule has 0 radical (unpaired) electrons.